The first kappa shape index (κ1) is 14.6. The lowest BCUT2D eigenvalue weighted by molar-refractivity contribution is -0.123. The fourth-order valence-electron chi connectivity index (χ4n) is 3.14. The molecule has 2 heterocycles. The van der Waals surface area contributed by atoms with Gasteiger partial charge in [0.05, 0.1) is 13.2 Å². The van der Waals surface area contributed by atoms with E-state index < -0.39 is 0 Å². The maximum atomic E-state index is 12.6. The van der Waals surface area contributed by atoms with Gasteiger partial charge in [-0.1, -0.05) is 19.1 Å². The molecule has 22 heavy (non-hydrogen) atoms. The van der Waals surface area contributed by atoms with Crippen LogP contribution in [0.5, 0.6) is 0 Å². The van der Waals surface area contributed by atoms with Crippen molar-refractivity contribution >= 4 is 5.78 Å². The molecule has 0 N–H and O–H groups in total. The average molecular weight is 297 g/mol. The van der Waals surface area contributed by atoms with Crippen molar-refractivity contribution in [2.24, 2.45) is 11.8 Å². The molecule has 114 valence electrons. The quantitative estimate of drug-likeness (QED) is 0.859. The highest BCUT2D eigenvalue weighted by Gasteiger charge is 2.31. The Kier molecular flexibility index (Phi) is 3.89. The van der Waals surface area contributed by atoms with E-state index in [4.69, 9.17) is 4.74 Å². The summed E-state index contributed by atoms with van der Waals surface area (Å²) in [6.07, 6.45) is 8.51. The number of carbonyl (C=O) groups excluding carboxylic acids is 1. The number of Topliss-reactive ketones (excluding diaryl/α,β-unsaturated/α-hetero) is 1. The van der Waals surface area contributed by atoms with Crippen LogP contribution in [0.25, 0.3) is 0 Å². The predicted molar refractivity (Wildman–Crippen MR) is 82.1 cm³/mol. The van der Waals surface area contributed by atoms with E-state index in [1.54, 1.807) is 13.0 Å². The second-order valence-electron chi connectivity index (χ2n) is 5.96. The zero-order valence-corrected chi connectivity index (χ0v) is 12.9. The zero-order valence-electron chi connectivity index (χ0n) is 12.9. The van der Waals surface area contributed by atoms with Crippen molar-refractivity contribution in [3.8, 4) is 0 Å². The van der Waals surface area contributed by atoms with Crippen LogP contribution in [0, 0.1) is 31.0 Å². The predicted octanol–water partition coefficient (Wildman–Crippen LogP) is 2.21. The number of aryl methyl sites for hydroxylation is 1. The molecule has 0 fully saturated rings. The molecule has 2 aliphatic rings. The van der Waals surface area contributed by atoms with Crippen LogP contribution in [-0.4, -0.2) is 17.0 Å². The fraction of sp³-hybridized carbons (Fsp3) is 0.444. The van der Waals surface area contributed by atoms with Gasteiger partial charge in [0.1, 0.15) is 5.76 Å². The minimum absolute atomic E-state index is 0.0261. The molecular formula is C18H19NO3. The minimum Gasteiger partial charge on any atom is -0.494 e. The third-order valence-electron chi connectivity index (χ3n) is 4.46. The largest absolute Gasteiger partial charge is 0.494 e. The van der Waals surface area contributed by atoms with E-state index in [9.17, 15) is 9.59 Å². The summed E-state index contributed by atoms with van der Waals surface area (Å²) in [5, 5.41) is 0. The maximum absolute atomic E-state index is 12.6. The van der Waals surface area contributed by atoms with Crippen LogP contribution in [0.15, 0.2) is 34.3 Å². The Hall–Kier alpha value is -2.28. The lowest BCUT2D eigenvalue weighted by Crippen LogP contribution is -2.32. The number of nitrogens with zero attached hydrogens (tertiary/aromatic N) is 1. The van der Waals surface area contributed by atoms with E-state index in [0.717, 1.165) is 25.2 Å². The van der Waals surface area contributed by atoms with E-state index in [1.165, 1.54) is 10.1 Å². The number of ether oxygens (including phenoxy) is 1. The lowest BCUT2D eigenvalue weighted by Gasteiger charge is -2.31. The van der Waals surface area contributed by atoms with Crippen LogP contribution in [0.4, 0.5) is 0 Å². The van der Waals surface area contributed by atoms with E-state index in [1.807, 2.05) is 12.2 Å². The molecule has 0 aromatic carbocycles. The number of rotatable bonds is 3. The highest BCUT2D eigenvalue weighted by molar-refractivity contribution is 5.83. The van der Waals surface area contributed by atoms with Gasteiger partial charge in [-0.05, 0) is 43.4 Å². The van der Waals surface area contributed by atoms with Crippen LogP contribution >= 0.6 is 0 Å². The lowest BCUT2D eigenvalue weighted by atomic mass is 9.78. The standard InChI is InChI=1S/C18H19NO3/c1-12-5-3-9-19(18(12)21)11-16(20)14-7-8-17-15(13(14)2)6-4-10-22-17/h5,7-8,13-14H,4,6,10-11H2,1-2H3/t13-,14?/m0/s1. The molecule has 1 aliphatic heterocycles. The summed E-state index contributed by atoms with van der Waals surface area (Å²) in [6, 6.07) is 4.36. The zero-order chi connectivity index (χ0) is 15.7. The second kappa shape index (κ2) is 5.84. The smallest absolute Gasteiger partial charge is 0.262 e. The summed E-state index contributed by atoms with van der Waals surface area (Å²) in [5.74, 6) is 0.868. The second-order valence-corrected chi connectivity index (χ2v) is 5.96. The van der Waals surface area contributed by atoms with Gasteiger partial charge in [-0.15, -0.1) is 0 Å². The molecule has 1 aromatic heterocycles. The fourth-order valence-corrected chi connectivity index (χ4v) is 3.14. The normalized spacial score (nSPS) is 23.5. The Balaban J connectivity index is 1.79. The van der Waals surface area contributed by atoms with Crippen molar-refractivity contribution in [2.75, 3.05) is 6.61 Å². The summed E-state index contributed by atoms with van der Waals surface area (Å²) in [7, 11) is 0. The minimum atomic E-state index is -0.207. The van der Waals surface area contributed by atoms with Crippen molar-refractivity contribution in [1.82, 2.24) is 4.57 Å². The van der Waals surface area contributed by atoms with Gasteiger partial charge >= 0.3 is 0 Å². The first-order chi connectivity index (χ1) is 10.6. The van der Waals surface area contributed by atoms with Gasteiger partial charge in [0.15, 0.2) is 5.78 Å². The first-order valence-corrected chi connectivity index (χ1v) is 7.64. The topological polar surface area (TPSA) is 48.3 Å². The van der Waals surface area contributed by atoms with Crippen LogP contribution in [-0.2, 0) is 16.1 Å². The Morgan fingerprint density at radius 2 is 2.32 bits per heavy atom. The van der Waals surface area contributed by atoms with Gasteiger partial charge in [0, 0.05) is 17.7 Å². The maximum Gasteiger partial charge on any atom is 0.262 e. The molecule has 0 amide bonds. The van der Waals surface area contributed by atoms with Crippen LogP contribution in [0.1, 0.15) is 25.3 Å². The summed E-state index contributed by atoms with van der Waals surface area (Å²) in [5.41, 5.74) is 1.61. The highest BCUT2D eigenvalue weighted by atomic mass is 16.5. The van der Waals surface area contributed by atoms with Crippen molar-refractivity contribution in [2.45, 2.75) is 33.2 Å². The molecule has 4 heteroatoms. The van der Waals surface area contributed by atoms with Crippen LogP contribution in [0.3, 0.4) is 0 Å². The Labute approximate surface area is 130 Å². The van der Waals surface area contributed by atoms with Crippen molar-refractivity contribution < 1.29 is 9.53 Å². The number of ketones is 1. The van der Waals surface area contributed by atoms with E-state index in [2.05, 4.69) is 19.2 Å². The molecule has 0 spiro atoms. The molecular weight excluding hydrogens is 278 g/mol. The number of hydrogen-bond donors (Lipinski definition) is 0. The van der Waals surface area contributed by atoms with Crippen LogP contribution in [0.2, 0.25) is 0 Å². The van der Waals surface area contributed by atoms with Gasteiger partial charge in [0.2, 0.25) is 0 Å². The molecule has 1 aromatic rings. The van der Waals surface area contributed by atoms with Gasteiger partial charge in [0.25, 0.3) is 5.56 Å². The third-order valence-corrected chi connectivity index (χ3v) is 4.46. The van der Waals surface area contributed by atoms with Gasteiger partial charge < -0.3 is 4.74 Å². The number of allylic oxidation sites excluding steroid dienone is 3. The monoisotopic (exact) mass is 297 g/mol. The summed E-state index contributed by atoms with van der Waals surface area (Å²) < 4.78 is 6.97. The Morgan fingerprint density at radius 1 is 1.50 bits per heavy atom. The molecule has 0 bridgehead atoms. The van der Waals surface area contributed by atoms with E-state index in [-0.39, 0.29) is 29.7 Å². The molecule has 1 aliphatic carbocycles. The summed E-state index contributed by atoms with van der Waals surface area (Å²) in [4.78, 5) is 24.6. The highest BCUT2D eigenvalue weighted by Crippen LogP contribution is 2.36. The SMILES string of the molecule is Cc1cc#cn(CC(=O)C2C=CC3=C(CCCO3)[C@H]2C)c1=O. The number of hydrogen-bond acceptors (Lipinski definition) is 3. The summed E-state index contributed by atoms with van der Waals surface area (Å²) >= 11 is 0. The van der Waals surface area contributed by atoms with Crippen LogP contribution < -0.4 is 5.56 Å². The van der Waals surface area contributed by atoms with E-state index >= 15 is 0 Å². The molecule has 0 saturated heterocycles. The third kappa shape index (κ3) is 2.59. The molecule has 2 atom stereocenters. The number of carbonyl (C=O) groups is 1. The molecule has 0 saturated carbocycles. The van der Waals surface area contributed by atoms with Gasteiger partial charge in [-0.2, -0.15) is 0 Å². The first-order valence-electron chi connectivity index (χ1n) is 7.64. The van der Waals surface area contributed by atoms with Crippen molar-refractivity contribution in [3.05, 3.63) is 57.7 Å². The molecule has 3 rings (SSSR count). The summed E-state index contributed by atoms with van der Waals surface area (Å²) in [6.45, 7) is 4.57. The Morgan fingerprint density at radius 3 is 3.14 bits per heavy atom. The van der Waals surface area contributed by atoms with Gasteiger partial charge in [-0.25, -0.2) is 0 Å². The molecule has 1 unspecified atom stereocenters. The van der Waals surface area contributed by atoms with Crippen molar-refractivity contribution in [3.63, 3.8) is 0 Å². The molecule has 4 nitrogen and oxygen atoms in total. The van der Waals surface area contributed by atoms with Crippen molar-refractivity contribution in [1.29, 1.82) is 0 Å². The van der Waals surface area contributed by atoms with E-state index in [0.29, 0.717) is 5.56 Å². The number of aromatic nitrogens is 1. The average Bonchev–Trinajstić information content (AvgIpc) is 2.52. The van der Waals surface area contributed by atoms with Gasteiger partial charge in [-0.3, -0.25) is 14.2 Å². The molecule has 0 radical (unpaired) electrons. The Bertz CT molecular complexity index is 711.